The summed E-state index contributed by atoms with van der Waals surface area (Å²) in [5, 5.41) is 4.29. The summed E-state index contributed by atoms with van der Waals surface area (Å²) < 4.78 is 16.4. The highest BCUT2D eigenvalue weighted by Gasteiger charge is 2.43. The zero-order chi connectivity index (χ0) is 16.4. The molecule has 7 nitrogen and oxygen atoms in total. The zero-order valence-corrected chi connectivity index (χ0v) is 14.2. The molecular formula is C17H25N5O2. The molecule has 4 heterocycles. The average molecular weight is 331 g/mol. The number of hydrogen-bond donors (Lipinski definition) is 0. The number of rotatable bonds is 4. The average Bonchev–Trinajstić information content (AvgIpc) is 3.26. The zero-order valence-electron chi connectivity index (χ0n) is 14.2. The van der Waals surface area contributed by atoms with Gasteiger partial charge in [-0.2, -0.15) is 5.10 Å². The lowest BCUT2D eigenvalue weighted by Gasteiger charge is -2.31. The van der Waals surface area contributed by atoms with E-state index in [1.807, 2.05) is 42.6 Å². The van der Waals surface area contributed by atoms with Gasteiger partial charge in [0, 0.05) is 44.9 Å². The van der Waals surface area contributed by atoms with Crippen LogP contribution >= 0.6 is 0 Å². The van der Waals surface area contributed by atoms with E-state index in [0.29, 0.717) is 6.61 Å². The first-order valence-corrected chi connectivity index (χ1v) is 8.64. The van der Waals surface area contributed by atoms with E-state index in [9.17, 15) is 0 Å². The molecule has 0 radical (unpaired) electrons. The van der Waals surface area contributed by atoms with Crippen LogP contribution in [0.25, 0.3) is 0 Å². The molecule has 2 atom stereocenters. The molecule has 130 valence electrons. The van der Waals surface area contributed by atoms with Gasteiger partial charge in [0.15, 0.2) is 0 Å². The van der Waals surface area contributed by atoms with E-state index in [1.165, 1.54) is 0 Å². The molecule has 0 N–H and O–H groups in total. The molecule has 4 rings (SSSR count). The Kier molecular flexibility index (Phi) is 4.39. The molecule has 2 aliphatic heterocycles. The minimum absolute atomic E-state index is 0.195. The largest absolute Gasteiger partial charge is 0.377 e. The van der Waals surface area contributed by atoms with Gasteiger partial charge in [-0.25, -0.2) is 4.98 Å². The van der Waals surface area contributed by atoms with Crippen molar-refractivity contribution in [2.75, 3.05) is 26.3 Å². The molecule has 0 saturated carbocycles. The molecule has 2 aromatic rings. The van der Waals surface area contributed by atoms with Crippen LogP contribution in [0.15, 0.2) is 30.9 Å². The van der Waals surface area contributed by atoms with Gasteiger partial charge in [0.2, 0.25) is 0 Å². The molecule has 2 unspecified atom stereocenters. The quantitative estimate of drug-likeness (QED) is 0.839. The van der Waals surface area contributed by atoms with Crippen molar-refractivity contribution in [3.05, 3.63) is 36.7 Å². The van der Waals surface area contributed by atoms with Crippen LogP contribution in [0.1, 0.15) is 18.7 Å². The van der Waals surface area contributed by atoms with E-state index in [1.54, 1.807) is 0 Å². The maximum Gasteiger partial charge on any atom is 0.122 e. The molecule has 0 aliphatic carbocycles. The van der Waals surface area contributed by atoms with E-state index in [0.717, 1.165) is 51.5 Å². The van der Waals surface area contributed by atoms with E-state index >= 15 is 0 Å². The predicted molar refractivity (Wildman–Crippen MR) is 88.4 cm³/mol. The van der Waals surface area contributed by atoms with Crippen molar-refractivity contribution in [2.24, 2.45) is 7.05 Å². The van der Waals surface area contributed by atoms with Gasteiger partial charge in [0.1, 0.15) is 11.4 Å². The number of ether oxygens (including phenoxy) is 2. The summed E-state index contributed by atoms with van der Waals surface area (Å²) in [5.74, 6) is 1.08. The lowest BCUT2D eigenvalue weighted by atomic mass is 10.00. The van der Waals surface area contributed by atoms with Crippen LogP contribution in [0.2, 0.25) is 0 Å². The van der Waals surface area contributed by atoms with Crippen molar-refractivity contribution in [1.82, 2.24) is 24.2 Å². The number of aromatic nitrogens is 4. The predicted octanol–water partition coefficient (Wildman–Crippen LogP) is 1.07. The van der Waals surface area contributed by atoms with E-state index < -0.39 is 0 Å². The topological polar surface area (TPSA) is 57.3 Å². The van der Waals surface area contributed by atoms with Crippen molar-refractivity contribution in [1.29, 1.82) is 0 Å². The number of nitrogens with zero attached hydrogens (tertiary/aromatic N) is 5. The highest BCUT2D eigenvalue weighted by atomic mass is 16.6. The lowest BCUT2D eigenvalue weighted by Crippen LogP contribution is -2.44. The third kappa shape index (κ3) is 3.38. The highest BCUT2D eigenvalue weighted by Crippen LogP contribution is 2.34. The van der Waals surface area contributed by atoms with Gasteiger partial charge in [-0.15, -0.1) is 0 Å². The fourth-order valence-corrected chi connectivity index (χ4v) is 3.73. The minimum Gasteiger partial charge on any atom is -0.377 e. The van der Waals surface area contributed by atoms with Crippen molar-refractivity contribution in [3.63, 3.8) is 0 Å². The Morgan fingerprint density at radius 2 is 2.29 bits per heavy atom. The molecule has 1 spiro atoms. The van der Waals surface area contributed by atoms with Crippen molar-refractivity contribution < 1.29 is 9.47 Å². The van der Waals surface area contributed by atoms with Crippen LogP contribution < -0.4 is 0 Å². The first kappa shape index (κ1) is 15.8. The van der Waals surface area contributed by atoms with E-state index in [2.05, 4.69) is 19.5 Å². The maximum atomic E-state index is 6.47. The van der Waals surface area contributed by atoms with Crippen molar-refractivity contribution >= 4 is 0 Å². The molecule has 0 aromatic carbocycles. The molecule has 0 amide bonds. The summed E-state index contributed by atoms with van der Waals surface area (Å²) in [4.78, 5) is 6.86. The molecule has 2 aliphatic rings. The second-order valence-corrected chi connectivity index (χ2v) is 6.91. The fraction of sp³-hybridized carbons (Fsp3) is 0.647. The standard InChI is InChI=1S/C17H25N5O2/c1-20-8-6-18-16(20)12-21-9-10-23-14-17(13-21)4-3-15(24-17)11-22-7-2-5-19-22/h2,5-8,15H,3-4,9-14H2,1H3. The second-order valence-electron chi connectivity index (χ2n) is 6.91. The Labute approximate surface area is 142 Å². The maximum absolute atomic E-state index is 6.47. The van der Waals surface area contributed by atoms with E-state index in [-0.39, 0.29) is 11.7 Å². The summed E-state index contributed by atoms with van der Waals surface area (Å²) in [5.41, 5.74) is -0.195. The van der Waals surface area contributed by atoms with Gasteiger partial charge in [-0.3, -0.25) is 9.58 Å². The first-order chi connectivity index (χ1) is 11.7. The van der Waals surface area contributed by atoms with Gasteiger partial charge >= 0.3 is 0 Å². The summed E-state index contributed by atoms with van der Waals surface area (Å²) in [6.45, 7) is 4.90. The SMILES string of the molecule is Cn1ccnc1CN1CCOCC2(CCC(Cn3cccn3)O2)C1. The number of aryl methyl sites for hydroxylation is 1. The van der Waals surface area contributed by atoms with Gasteiger partial charge in [-0.05, 0) is 18.9 Å². The van der Waals surface area contributed by atoms with Gasteiger partial charge in [-0.1, -0.05) is 0 Å². The lowest BCUT2D eigenvalue weighted by molar-refractivity contribution is -0.0906. The Bertz CT molecular complexity index is 656. The highest BCUT2D eigenvalue weighted by molar-refractivity contribution is 4.96. The summed E-state index contributed by atoms with van der Waals surface area (Å²) in [7, 11) is 2.04. The molecule has 24 heavy (non-hydrogen) atoms. The van der Waals surface area contributed by atoms with Gasteiger partial charge in [0.05, 0.1) is 32.4 Å². The molecule has 0 bridgehead atoms. The van der Waals surface area contributed by atoms with Crippen LogP contribution in [0, 0.1) is 0 Å². The van der Waals surface area contributed by atoms with Crippen LogP contribution in [0.3, 0.4) is 0 Å². The van der Waals surface area contributed by atoms with Crippen LogP contribution in [0.5, 0.6) is 0 Å². The third-order valence-corrected chi connectivity index (χ3v) is 5.00. The summed E-state index contributed by atoms with van der Waals surface area (Å²) in [6.07, 6.45) is 9.95. The van der Waals surface area contributed by atoms with E-state index in [4.69, 9.17) is 9.47 Å². The smallest absolute Gasteiger partial charge is 0.122 e. The number of hydrogen-bond acceptors (Lipinski definition) is 5. The van der Waals surface area contributed by atoms with Crippen LogP contribution in [-0.2, 0) is 29.6 Å². The van der Waals surface area contributed by atoms with Gasteiger partial charge in [0.25, 0.3) is 0 Å². The van der Waals surface area contributed by atoms with Crippen molar-refractivity contribution in [3.8, 4) is 0 Å². The molecule has 7 heteroatoms. The Hall–Kier alpha value is -1.70. The van der Waals surface area contributed by atoms with Crippen molar-refractivity contribution in [2.45, 2.75) is 37.6 Å². The monoisotopic (exact) mass is 331 g/mol. The molecule has 2 fully saturated rings. The molecule has 2 aromatic heterocycles. The summed E-state index contributed by atoms with van der Waals surface area (Å²) in [6, 6.07) is 1.95. The van der Waals surface area contributed by atoms with Crippen LogP contribution in [-0.4, -0.2) is 62.2 Å². The molecule has 2 saturated heterocycles. The third-order valence-electron chi connectivity index (χ3n) is 5.00. The summed E-state index contributed by atoms with van der Waals surface area (Å²) >= 11 is 0. The molecular weight excluding hydrogens is 306 g/mol. The van der Waals surface area contributed by atoms with Gasteiger partial charge < -0.3 is 14.0 Å². The Balaban J connectivity index is 1.41. The van der Waals surface area contributed by atoms with Crippen LogP contribution in [0.4, 0.5) is 0 Å². The first-order valence-electron chi connectivity index (χ1n) is 8.64. The normalized spacial score (nSPS) is 28.5. The fourth-order valence-electron chi connectivity index (χ4n) is 3.73. The Morgan fingerprint density at radius 3 is 3.08 bits per heavy atom. The second kappa shape index (κ2) is 6.66. The minimum atomic E-state index is -0.195. The Morgan fingerprint density at radius 1 is 1.33 bits per heavy atom. The number of imidazole rings is 1.